The van der Waals surface area contributed by atoms with Crippen molar-refractivity contribution in [1.29, 1.82) is 0 Å². The predicted octanol–water partition coefficient (Wildman–Crippen LogP) is 1.76. The van der Waals surface area contributed by atoms with Crippen molar-refractivity contribution in [1.82, 2.24) is 24.5 Å². The third-order valence-corrected chi connectivity index (χ3v) is 5.25. The van der Waals surface area contributed by atoms with E-state index in [1.807, 2.05) is 26.1 Å². The smallest absolute Gasteiger partial charge is 0.240 e. The molecule has 148 valence electrons. The summed E-state index contributed by atoms with van der Waals surface area (Å²) in [4.78, 5) is 8.50. The van der Waals surface area contributed by atoms with Gasteiger partial charge in [0, 0.05) is 25.4 Å². The maximum atomic E-state index is 12.3. The maximum absolute atomic E-state index is 12.3. The Morgan fingerprint density at radius 2 is 1.89 bits per heavy atom. The second-order valence-electron chi connectivity index (χ2n) is 5.89. The van der Waals surface area contributed by atoms with E-state index in [0.29, 0.717) is 30.5 Å². The quantitative estimate of drug-likeness (QED) is 0.525. The van der Waals surface area contributed by atoms with Gasteiger partial charge in [0.15, 0.2) is 5.82 Å². The highest BCUT2D eigenvalue weighted by Gasteiger charge is 2.13. The molecule has 0 saturated heterocycles. The van der Waals surface area contributed by atoms with Gasteiger partial charge in [0.1, 0.15) is 17.9 Å². The van der Waals surface area contributed by atoms with Crippen LogP contribution in [0.1, 0.15) is 12.6 Å². The summed E-state index contributed by atoms with van der Waals surface area (Å²) in [6.07, 6.45) is 3.24. The van der Waals surface area contributed by atoms with Gasteiger partial charge in [0.2, 0.25) is 10.0 Å². The zero-order valence-corrected chi connectivity index (χ0v) is 16.5. The van der Waals surface area contributed by atoms with Crippen LogP contribution in [0.25, 0.3) is 5.82 Å². The highest BCUT2D eigenvalue weighted by Crippen LogP contribution is 2.15. The first-order valence-electron chi connectivity index (χ1n) is 8.79. The molecule has 0 atom stereocenters. The molecule has 0 radical (unpaired) electrons. The second kappa shape index (κ2) is 8.81. The van der Waals surface area contributed by atoms with Gasteiger partial charge in [-0.1, -0.05) is 0 Å². The molecular weight excluding hydrogens is 380 g/mol. The van der Waals surface area contributed by atoms with Crippen LogP contribution in [0.2, 0.25) is 0 Å². The fraction of sp³-hybridized carbons (Fsp3) is 0.278. The zero-order chi connectivity index (χ0) is 20.0. The van der Waals surface area contributed by atoms with Crippen LogP contribution < -0.4 is 14.8 Å². The molecule has 0 aliphatic heterocycles. The summed E-state index contributed by atoms with van der Waals surface area (Å²) >= 11 is 0. The Morgan fingerprint density at radius 1 is 1.11 bits per heavy atom. The number of nitrogens with one attached hydrogen (secondary N) is 2. The molecule has 0 aliphatic rings. The number of anilines is 1. The van der Waals surface area contributed by atoms with E-state index in [9.17, 15) is 8.42 Å². The Balaban J connectivity index is 1.54. The molecule has 3 aromatic rings. The number of hydrogen-bond donors (Lipinski definition) is 2. The normalized spacial score (nSPS) is 11.4. The Morgan fingerprint density at radius 3 is 2.57 bits per heavy atom. The van der Waals surface area contributed by atoms with Gasteiger partial charge in [-0.3, -0.25) is 0 Å². The molecule has 0 aliphatic carbocycles. The van der Waals surface area contributed by atoms with E-state index in [4.69, 9.17) is 4.74 Å². The minimum absolute atomic E-state index is 0.189. The van der Waals surface area contributed by atoms with Crippen molar-refractivity contribution in [2.75, 3.05) is 25.0 Å². The lowest BCUT2D eigenvalue weighted by molar-refractivity contribution is 0.340. The van der Waals surface area contributed by atoms with Crippen molar-refractivity contribution >= 4 is 15.8 Å². The van der Waals surface area contributed by atoms with Crippen molar-refractivity contribution in [2.45, 2.75) is 18.7 Å². The predicted molar refractivity (Wildman–Crippen MR) is 105 cm³/mol. The fourth-order valence-electron chi connectivity index (χ4n) is 2.45. The lowest BCUT2D eigenvalue weighted by Crippen LogP contribution is -2.29. The lowest BCUT2D eigenvalue weighted by atomic mass is 10.3. The molecular formula is C18H22N6O3S. The summed E-state index contributed by atoms with van der Waals surface area (Å²) < 4.78 is 34.2. The van der Waals surface area contributed by atoms with E-state index in [1.54, 1.807) is 22.9 Å². The fourth-order valence-corrected chi connectivity index (χ4v) is 3.48. The van der Waals surface area contributed by atoms with E-state index < -0.39 is 10.0 Å². The van der Waals surface area contributed by atoms with Gasteiger partial charge in [-0.15, -0.1) is 0 Å². The van der Waals surface area contributed by atoms with Crippen LogP contribution >= 0.6 is 0 Å². The largest absolute Gasteiger partial charge is 0.494 e. The molecule has 0 bridgehead atoms. The number of aromatic nitrogens is 4. The Kier molecular flexibility index (Phi) is 6.22. The van der Waals surface area contributed by atoms with Crippen LogP contribution in [0.3, 0.4) is 0 Å². The van der Waals surface area contributed by atoms with Gasteiger partial charge in [-0.2, -0.15) is 5.10 Å². The SMILES string of the molecule is CCOc1ccc(S(=O)(=O)NCCNc2cc(-n3ccc(C)n3)ncn2)cc1. The number of ether oxygens (including phenoxy) is 1. The third kappa shape index (κ3) is 5.05. The van der Waals surface area contributed by atoms with Crippen molar-refractivity contribution in [3.63, 3.8) is 0 Å². The first-order chi connectivity index (χ1) is 13.5. The van der Waals surface area contributed by atoms with Crippen molar-refractivity contribution in [3.8, 4) is 11.6 Å². The molecule has 2 N–H and O–H groups in total. The van der Waals surface area contributed by atoms with Crippen LogP contribution in [0.4, 0.5) is 5.82 Å². The summed E-state index contributed by atoms with van der Waals surface area (Å²) in [5, 5.41) is 7.37. The van der Waals surface area contributed by atoms with Gasteiger partial charge in [0.05, 0.1) is 17.2 Å². The number of nitrogens with zero attached hydrogens (tertiary/aromatic N) is 4. The van der Waals surface area contributed by atoms with Crippen molar-refractivity contribution in [3.05, 3.63) is 54.6 Å². The van der Waals surface area contributed by atoms with Gasteiger partial charge in [0.25, 0.3) is 0 Å². The zero-order valence-electron chi connectivity index (χ0n) is 15.7. The standard InChI is InChI=1S/C18H22N6O3S/c1-3-27-15-4-6-16(7-5-15)28(25,26)22-10-9-19-17-12-18(21-13-20-17)24-11-8-14(2)23-24/h4-8,11-13,22H,3,9-10H2,1-2H3,(H,19,20,21). The molecule has 0 unspecified atom stereocenters. The van der Waals surface area contributed by atoms with Crippen LogP contribution in [0.15, 0.2) is 53.8 Å². The molecule has 0 spiro atoms. The highest BCUT2D eigenvalue weighted by molar-refractivity contribution is 7.89. The highest BCUT2D eigenvalue weighted by atomic mass is 32.2. The van der Waals surface area contributed by atoms with Crippen LogP contribution in [-0.2, 0) is 10.0 Å². The minimum atomic E-state index is -3.59. The molecule has 2 heterocycles. The average Bonchev–Trinajstić information content (AvgIpc) is 3.13. The third-order valence-electron chi connectivity index (χ3n) is 3.78. The number of sulfonamides is 1. The maximum Gasteiger partial charge on any atom is 0.240 e. The summed E-state index contributed by atoms with van der Waals surface area (Å²) in [5.41, 5.74) is 0.886. The number of benzene rings is 1. The molecule has 9 nitrogen and oxygen atoms in total. The van der Waals surface area contributed by atoms with E-state index in [1.165, 1.54) is 18.5 Å². The van der Waals surface area contributed by atoms with E-state index in [0.717, 1.165) is 5.69 Å². The minimum Gasteiger partial charge on any atom is -0.494 e. The monoisotopic (exact) mass is 402 g/mol. The van der Waals surface area contributed by atoms with Gasteiger partial charge >= 0.3 is 0 Å². The summed E-state index contributed by atoms with van der Waals surface area (Å²) in [7, 11) is -3.59. The number of rotatable bonds is 9. The number of aryl methyl sites for hydroxylation is 1. The molecule has 0 saturated carbocycles. The van der Waals surface area contributed by atoms with E-state index >= 15 is 0 Å². The van der Waals surface area contributed by atoms with Gasteiger partial charge in [-0.25, -0.2) is 27.8 Å². The first-order valence-corrected chi connectivity index (χ1v) is 10.3. The van der Waals surface area contributed by atoms with Gasteiger partial charge < -0.3 is 10.1 Å². The van der Waals surface area contributed by atoms with E-state index in [-0.39, 0.29) is 11.4 Å². The van der Waals surface area contributed by atoms with E-state index in [2.05, 4.69) is 25.1 Å². The van der Waals surface area contributed by atoms with Crippen molar-refractivity contribution in [2.24, 2.45) is 0 Å². The molecule has 2 aromatic heterocycles. The number of hydrogen-bond acceptors (Lipinski definition) is 7. The molecule has 1 aromatic carbocycles. The van der Waals surface area contributed by atoms with Crippen LogP contribution in [0, 0.1) is 6.92 Å². The van der Waals surface area contributed by atoms with Crippen LogP contribution in [0.5, 0.6) is 5.75 Å². The molecule has 10 heteroatoms. The van der Waals surface area contributed by atoms with Crippen molar-refractivity contribution < 1.29 is 13.2 Å². The lowest BCUT2D eigenvalue weighted by Gasteiger charge is -2.10. The Labute approximate surface area is 163 Å². The summed E-state index contributed by atoms with van der Waals surface area (Å²) in [6.45, 7) is 4.87. The molecule has 0 fully saturated rings. The first kappa shape index (κ1) is 19.8. The molecule has 3 rings (SSSR count). The topological polar surface area (TPSA) is 111 Å². The Bertz CT molecular complexity index is 1020. The summed E-state index contributed by atoms with van der Waals surface area (Å²) in [6, 6.07) is 9.93. The second-order valence-corrected chi connectivity index (χ2v) is 7.66. The van der Waals surface area contributed by atoms with Gasteiger partial charge in [-0.05, 0) is 44.2 Å². The van der Waals surface area contributed by atoms with Crippen LogP contribution in [-0.4, -0.2) is 47.9 Å². The summed E-state index contributed by atoms with van der Waals surface area (Å²) in [5.74, 6) is 1.84. The molecule has 0 amide bonds. The average molecular weight is 402 g/mol. The molecule has 28 heavy (non-hydrogen) atoms. The Hall–Kier alpha value is -2.98.